The number of benzene rings is 2. The van der Waals surface area contributed by atoms with Crippen molar-refractivity contribution in [2.45, 2.75) is 6.92 Å². The summed E-state index contributed by atoms with van der Waals surface area (Å²) in [4.78, 5) is 33.9. The fraction of sp³-hybridized carbons (Fsp3) is 0.250. The third-order valence-corrected chi connectivity index (χ3v) is 5.88. The van der Waals surface area contributed by atoms with Crippen LogP contribution in [-0.2, 0) is 0 Å². The van der Waals surface area contributed by atoms with Gasteiger partial charge in [-0.05, 0) is 43.8 Å². The number of nitrogen functional groups attached to an aromatic ring is 1. The molecule has 5 rings (SSSR count). The minimum Gasteiger partial charge on any atom is -0.382 e. The summed E-state index contributed by atoms with van der Waals surface area (Å²) < 4.78 is 0. The Morgan fingerprint density at radius 1 is 1.06 bits per heavy atom. The number of aromatic nitrogens is 4. The van der Waals surface area contributed by atoms with Crippen molar-refractivity contribution in [3.05, 3.63) is 59.8 Å². The Bertz CT molecular complexity index is 1300. The first kappa shape index (κ1) is 20.1. The lowest BCUT2D eigenvalue weighted by Gasteiger charge is -2.32. The molecule has 1 aliphatic rings. The summed E-state index contributed by atoms with van der Waals surface area (Å²) in [6.45, 7) is 5.33. The molecule has 166 valence electrons. The molecule has 1 aliphatic heterocycles. The molecule has 0 saturated carbocycles. The van der Waals surface area contributed by atoms with Crippen LogP contribution in [-0.4, -0.2) is 68.9 Å². The maximum atomic E-state index is 12.8. The molecule has 1 fully saturated rings. The van der Waals surface area contributed by atoms with E-state index in [4.69, 9.17) is 10.7 Å². The highest BCUT2D eigenvalue weighted by atomic mass is 16.2. The van der Waals surface area contributed by atoms with E-state index in [-0.39, 0.29) is 8.76 Å². The van der Waals surface area contributed by atoms with Gasteiger partial charge in [0.2, 0.25) is 0 Å². The average Bonchev–Trinajstić information content (AvgIpc) is 3.22. The molecule has 32 heavy (non-hydrogen) atoms. The van der Waals surface area contributed by atoms with Gasteiger partial charge < -0.3 is 20.5 Å². The second kappa shape index (κ2) is 8.05. The predicted octanol–water partition coefficient (Wildman–Crippen LogP) is 3.46. The number of aryl methyl sites for hydroxylation is 1. The lowest BCUT2D eigenvalue weighted by Crippen LogP contribution is -2.47. The largest absolute Gasteiger partial charge is 0.382 e. The Morgan fingerprint density at radius 2 is 1.81 bits per heavy atom. The summed E-state index contributed by atoms with van der Waals surface area (Å²) >= 11 is 0. The molecule has 8 nitrogen and oxygen atoms in total. The third kappa shape index (κ3) is 3.80. The molecule has 0 radical (unpaired) electrons. The molecule has 0 bridgehead atoms. The second-order valence-corrected chi connectivity index (χ2v) is 8.27. The van der Waals surface area contributed by atoms with Crippen LogP contribution in [0.4, 0.5) is 5.82 Å². The van der Waals surface area contributed by atoms with Crippen LogP contribution < -0.4 is 5.73 Å². The summed E-state index contributed by atoms with van der Waals surface area (Å²) in [5.41, 5.74) is 11.8. The van der Waals surface area contributed by atoms with Crippen molar-refractivity contribution in [1.29, 1.82) is 0 Å². The summed E-state index contributed by atoms with van der Waals surface area (Å²) in [5, 5.41) is 0. The van der Waals surface area contributed by atoms with Crippen LogP contribution in [0.25, 0.3) is 33.8 Å². The number of hydrogen-bond donors (Lipinski definition) is 2. The van der Waals surface area contributed by atoms with Crippen molar-refractivity contribution in [3.63, 3.8) is 0 Å². The molecule has 0 unspecified atom stereocenters. The fourth-order valence-electron chi connectivity index (χ4n) is 3.92. The lowest BCUT2D eigenvalue weighted by atomic mass is 10.1. The Morgan fingerprint density at radius 3 is 2.56 bits per heavy atom. The van der Waals surface area contributed by atoms with Gasteiger partial charge >= 0.3 is 0 Å². The molecule has 4 aromatic rings. The summed E-state index contributed by atoms with van der Waals surface area (Å²) in [6, 6.07) is 13.5. The van der Waals surface area contributed by atoms with Gasteiger partial charge in [-0.25, -0.2) is 15.0 Å². The fourth-order valence-corrected chi connectivity index (χ4v) is 3.92. The zero-order valence-electron chi connectivity index (χ0n) is 18.2. The first-order valence-corrected chi connectivity index (χ1v) is 10.7. The van der Waals surface area contributed by atoms with Crippen molar-refractivity contribution in [2.75, 3.05) is 39.0 Å². The highest BCUT2D eigenvalue weighted by molar-refractivity contribution is 5.94. The number of hydrogen-bond acceptors (Lipinski definition) is 6. The van der Waals surface area contributed by atoms with Crippen LogP contribution in [0, 0.1) is 6.92 Å². The maximum absolute atomic E-state index is 12.8. The molecule has 0 aliphatic carbocycles. The molecule has 2 aromatic heterocycles. The molecule has 8 heteroatoms. The Balaban J connectivity index is 0.00000162. The Kier molecular flexibility index (Phi) is 5.07. The Hall–Kier alpha value is -3.78. The van der Waals surface area contributed by atoms with Crippen molar-refractivity contribution in [2.24, 2.45) is 0 Å². The standard InChI is InChI=1S/C24H25N7O.2H2/c1-15-3-8-18-19(13-15)29-23(28-18)21-22(25)26-14-20(27-21)16-4-6-17(7-5-16)24(32)31-11-9-30(2)10-12-31;;/h3-8,13-14H,9-12H2,1-2H3,(H2,25,26)(H,28,29);2*1H. The monoisotopic (exact) mass is 431 g/mol. The number of amides is 1. The number of rotatable bonds is 3. The first-order valence-electron chi connectivity index (χ1n) is 10.7. The summed E-state index contributed by atoms with van der Waals surface area (Å²) in [7, 11) is 2.07. The SMILES string of the molecule is Cc1ccc2nc(-c3nc(-c4ccc(C(=O)N5CCN(C)CC5)cc4)cnc3N)[nH]c2c1.[HH].[HH]. The predicted molar refractivity (Wildman–Crippen MR) is 129 cm³/mol. The van der Waals surface area contributed by atoms with Gasteiger partial charge in [-0.3, -0.25) is 4.79 Å². The van der Waals surface area contributed by atoms with Gasteiger partial charge in [-0.2, -0.15) is 0 Å². The topological polar surface area (TPSA) is 104 Å². The molecule has 0 atom stereocenters. The minimum absolute atomic E-state index is 0. The van der Waals surface area contributed by atoms with Gasteiger partial charge in [0.25, 0.3) is 5.91 Å². The van der Waals surface area contributed by atoms with E-state index in [0.717, 1.165) is 48.3 Å². The summed E-state index contributed by atoms with van der Waals surface area (Å²) in [5.74, 6) is 0.956. The molecular weight excluding hydrogens is 402 g/mol. The number of carbonyl (C=O) groups is 1. The molecule has 3 heterocycles. The van der Waals surface area contributed by atoms with E-state index in [9.17, 15) is 4.79 Å². The van der Waals surface area contributed by atoms with Crippen molar-refractivity contribution < 1.29 is 7.65 Å². The van der Waals surface area contributed by atoms with Crippen molar-refractivity contribution in [1.82, 2.24) is 29.7 Å². The van der Waals surface area contributed by atoms with E-state index in [1.165, 1.54) is 0 Å². The van der Waals surface area contributed by atoms with Gasteiger partial charge in [0.05, 0.1) is 22.9 Å². The van der Waals surface area contributed by atoms with Crippen LogP contribution >= 0.6 is 0 Å². The maximum Gasteiger partial charge on any atom is 0.253 e. The number of fused-ring (bicyclic) bond motifs is 1. The third-order valence-electron chi connectivity index (χ3n) is 5.88. The smallest absolute Gasteiger partial charge is 0.253 e. The van der Waals surface area contributed by atoms with Crippen molar-refractivity contribution >= 4 is 22.8 Å². The van der Waals surface area contributed by atoms with Crippen LogP contribution in [0.5, 0.6) is 0 Å². The molecule has 2 aromatic carbocycles. The van der Waals surface area contributed by atoms with E-state index in [0.29, 0.717) is 28.6 Å². The van der Waals surface area contributed by atoms with E-state index in [1.807, 2.05) is 54.3 Å². The normalized spacial score (nSPS) is 14.8. The minimum atomic E-state index is 0. The number of likely N-dealkylation sites (N-methyl/N-ethyl adjacent to an activating group) is 1. The number of anilines is 1. The quantitative estimate of drug-likeness (QED) is 0.515. The average molecular weight is 432 g/mol. The number of piperazine rings is 1. The molecule has 0 spiro atoms. The number of aromatic amines is 1. The Labute approximate surface area is 189 Å². The molecule has 1 amide bonds. The zero-order valence-corrected chi connectivity index (χ0v) is 18.2. The van der Waals surface area contributed by atoms with Gasteiger partial charge in [0, 0.05) is 40.2 Å². The number of nitrogens with two attached hydrogens (primary N) is 1. The van der Waals surface area contributed by atoms with Crippen LogP contribution in [0.1, 0.15) is 18.8 Å². The van der Waals surface area contributed by atoms with Gasteiger partial charge in [0.15, 0.2) is 11.6 Å². The van der Waals surface area contributed by atoms with Crippen LogP contribution in [0.2, 0.25) is 0 Å². The van der Waals surface area contributed by atoms with Crippen LogP contribution in [0.3, 0.4) is 0 Å². The van der Waals surface area contributed by atoms with Gasteiger partial charge in [-0.15, -0.1) is 0 Å². The number of nitrogens with one attached hydrogen (secondary N) is 1. The van der Waals surface area contributed by atoms with Gasteiger partial charge in [0.1, 0.15) is 5.69 Å². The molecular formula is C24H29N7O. The van der Waals surface area contributed by atoms with Crippen LogP contribution in [0.15, 0.2) is 48.7 Å². The zero-order chi connectivity index (χ0) is 22.2. The van der Waals surface area contributed by atoms with Gasteiger partial charge in [-0.1, -0.05) is 18.2 Å². The highest BCUT2D eigenvalue weighted by Crippen LogP contribution is 2.26. The molecule has 3 N–H and O–H groups in total. The van der Waals surface area contributed by atoms with Crippen molar-refractivity contribution in [3.8, 4) is 22.8 Å². The first-order chi connectivity index (χ1) is 15.5. The highest BCUT2D eigenvalue weighted by Gasteiger charge is 2.20. The number of nitrogens with zero attached hydrogens (tertiary/aromatic N) is 5. The molecule has 1 saturated heterocycles. The summed E-state index contributed by atoms with van der Waals surface area (Å²) in [6.07, 6.45) is 1.64. The van der Waals surface area contributed by atoms with E-state index >= 15 is 0 Å². The lowest BCUT2D eigenvalue weighted by molar-refractivity contribution is 0.0664. The van der Waals surface area contributed by atoms with E-state index in [2.05, 4.69) is 26.9 Å². The number of imidazole rings is 1. The van der Waals surface area contributed by atoms with E-state index in [1.54, 1.807) is 6.20 Å². The number of carbonyl (C=O) groups excluding carboxylic acids is 1. The van der Waals surface area contributed by atoms with E-state index < -0.39 is 0 Å². The second-order valence-electron chi connectivity index (χ2n) is 8.27. The number of H-pyrrole nitrogens is 1.